The van der Waals surface area contributed by atoms with E-state index in [-0.39, 0.29) is 17.9 Å². The fraction of sp³-hybridized carbons (Fsp3) is 0.263. The molecule has 0 saturated heterocycles. The van der Waals surface area contributed by atoms with E-state index in [1.54, 1.807) is 19.1 Å². The first-order valence-electron chi connectivity index (χ1n) is 8.19. The van der Waals surface area contributed by atoms with Crippen molar-refractivity contribution in [2.75, 3.05) is 26.6 Å². The van der Waals surface area contributed by atoms with E-state index in [1.165, 1.54) is 27.4 Å². The van der Waals surface area contributed by atoms with E-state index < -0.39 is 11.7 Å². The number of rotatable bonds is 5. The summed E-state index contributed by atoms with van der Waals surface area (Å²) in [6, 6.07) is 6.60. The van der Waals surface area contributed by atoms with Gasteiger partial charge in [0.2, 0.25) is 5.75 Å². The lowest BCUT2D eigenvalue weighted by Crippen LogP contribution is -2.06. The molecule has 3 rings (SSSR count). The molecule has 0 aliphatic carbocycles. The van der Waals surface area contributed by atoms with E-state index in [0.717, 1.165) is 12.1 Å². The quantitative estimate of drug-likeness (QED) is 0.605. The van der Waals surface area contributed by atoms with Crippen LogP contribution in [0.1, 0.15) is 11.3 Å². The van der Waals surface area contributed by atoms with E-state index >= 15 is 0 Å². The number of anilines is 2. The third-order valence-corrected chi connectivity index (χ3v) is 4.09. The summed E-state index contributed by atoms with van der Waals surface area (Å²) in [5.41, 5.74) is 0.812. The van der Waals surface area contributed by atoms with E-state index in [9.17, 15) is 13.2 Å². The summed E-state index contributed by atoms with van der Waals surface area (Å²) in [5.74, 6) is 1.60. The highest BCUT2D eigenvalue weighted by Gasteiger charge is 2.30. The Hall–Kier alpha value is -2.94. The molecule has 1 heterocycles. The summed E-state index contributed by atoms with van der Waals surface area (Å²) in [7, 11) is 4.46. The van der Waals surface area contributed by atoms with Gasteiger partial charge in [0.1, 0.15) is 0 Å². The van der Waals surface area contributed by atoms with Crippen LogP contribution in [0, 0.1) is 6.92 Å². The number of hydrogen-bond donors (Lipinski definition) is 1. The molecule has 0 spiro atoms. The number of methoxy groups -OCH3 is 3. The summed E-state index contributed by atoms with van der Waals surface area (Å²) in [5, 5.41) is 3.05. The van der Waals surface area contributed by atoms with Crippen molar-refractivity contribution in [3.05, 3.63) is 41.6 Å². The lowest BCUT2D eigenvalue weighted by Gasteiger charge is -2.16. The van der Waals surface area contributed by atoms with E-state index in [4.69, 9.17) is 14.2 Å². The Morgan fingerprint density at radius 1 is 0.862 bits per heavy atom. The van der Waals surface area contributed by atoms with E-state index in [1.807, 2.05) is 0 Å². The average Bonchev–Trinajstić information content (AvgIpc) is 2.66. The van der Waals surface area contributed by atoms with Crippen LogP contribution in [0.3, 0.4) is 0 Å². The zero-order valence-electron chi connectivity index (χ0n) is 16.0. The van der Waals surface area contributed by atoms with Crippen molar-refractivity contribution in [3.63, 3.8) is 0 Å². The number of nitrogens with zero attached hydrogens (tertiary/aromatic N) is 2. The molecular formula is C19H19ClF3N3O3. The molecule has 2 aromatic carbocycles. The number of fused-ring (bicyclic) bond motifs is 1. The van der Waals surface area contributed by atoms with Crippen LogP contribution < -0.4 is 19.5 Å². The fourth-order valence-corrected chi connectivity index (χ4v) is 2.73. The van der Waals surface area contributed by atoms with Crippen LogP contribution in [0.2, 0.25) is 0 Å². The second kappa shape index (κ2) is 8.60. The number of benzene rings is 2. The van der Waals surface area contributed by atoms with Crippen molar-refractivity contribution in [1.29, 1.82) is 0 Å². The zero-order chi connectivity index (χ0) is 20.5. The van der Waals surface area contributed by atoms with Crippen LogP contribution in [0.25, 0.3) is 11.0 Å². The van der Waals surface area contributed by atoms with Gasteiger partial charge in [0.25, 0.3) is 0 Å². The molecule has 1 N–H and O–H groups in total. The van der Waals surface area contributed by atoms with Crippen molar-refractivity contribution < 1.29 is 27.4 Å². The molecule has 0 aliphatic heterocycles. The first-order chi connectivity index (χ1) is 13.3. The summed E-state index contributed by atoms with van der Waals surface area (Å²) >= 11 is 0. The Morgan fingerprint density at radius 3 is 2.00 bits per heavy atom. The first-order valence-corrected chi connectivity index (χ1v) is 8.19. The predicted molar refractivity (Wildman–Crippen MR) is 106 cm³/mol. The van der Waals surface area contributed by atoms with Crippen LogP contribution >= 0.6 is 12.4 Å². The molecule has 3 aromatic rings. The maximum absolute atomic E-state index is 13.0. The Bertz CT molecular complexity index is 1000. The molecular weight excluding hydrogens is 411 g/mol. The number of aromatic nitrogens is 2. The highest BCUT2D eigenvalue weighted by atomic mass is 35.5. The molecule has 10 heteroatoms. The smallest absolute Gasteiger partial charge is 0.416 e. The van der Waals surface area contributed by atoms with Gasteiger partial charge < -0.3 is 19.5 Å². The molecule has 0 amide bonds. The number of alkyl halides is 3. The molecule has 0 aliphatic rings. The van der Waals surface area contributed by atoms with Gasteiger partial charge in [-0.3, -0.25) is 0 Å². The molecule has 0 atom stereocenters. The summed E-state index contributed by atoms with van der Waals surface area (Å²) in [6.45, 7) is 1.71. The molecule has 6 nitrogen and oxygen atoms in total. The Labute approximate surface area is 171 Å². The van der Waals surface area contributed by atoms with Crippen LogP contribution in [0.15, 0.2) is 30.3 Å². The lowest BCUT2D eigenvalue weighted by atomic mass is 10.2. The monoisotopic (exact) mass is 429 g/mol. The largest absolute Gasteiger partial charge is 0.493 e. The average molecular weight is 430 g/mol. The van der Waals surface area contributed by atoms with Gasteiger partial charge in [-0.1, -0.05) is 0 Å². The van der Waals surface area contributed by atoms with Crippen molar-refractivity contribution in [2.24, 2.45) is 0 Å². The van der Waals surface area contributed by atoms with Gasteiger partial charge >= 0.3 is 6.18 Å². The highest BCUT2D eigenvalue weighted by molar-refractivity contribution is 5.85. The zero-order valence-corrected chi connectivity index (χ0v) is 16.9. The second-order valence-corrected chi connectivity index (χ2v) is 5.90. The predicted octanol–water partition coefficient (Wildman–Crippen LogP) is 5.15. The third kappa shape index (κ3) is 4.56. The number of ether oxygens (including phenoxy) is 3. The Morgan fingerprint density at radius 2 is 1.48 bits per heavy atom. The summed E-state index contributed by atoms with van der Waals surface area (Å²) in [6.07, 6.45) is -4.45. The first kappa shape index (κ1) is 22.4. The van der Waals surface area contributed by atoms with Gasteiger partial charge in [-0.15, -0.1) is 12.4 Å². The fourth-order valence-electron chi connectivity index (χ4n) is 2.73. The second-order valence-electron chi connectivity index (χ2n) is 5.90. The van der Waals surface area contributed by atoms with Gasteiger partial charge in [-0.25, -0.2) is 9.97 Å². The highest BCUT2D eigenvalue weighted by Crippen LogP contribution is 2.40. The van der Waals surface area contributed by atoms with Gasteiger partial charge in [0.15, 0.2) is 17.3 Å². The van der Waals surface area contributed by atoms with Crippen molar-refractivity contribution >= 4 is 34.9 Å². The molecule has 156 valence electrons. The van der Waals surface area contributed by atoms with Crippen molar-refractivity contribution in [3.8, 4) is 17.2 Å². The standard InChI is InChI=1S/C19H18F3N3O3.ClH/c1-10-18(24-12-8-15(26-2)17(28-4)16(9-12)27-3)25-14-7-11(19(20,21)22)5-6-13(14)23-10;/h5-9H,1-4H3,(H,24,25);1H. The number of aryl methyl sites for hydroxylation is 1. The third-order valence-electron chi connectivity index (χ3n) is 4.09. The van der Waals surface area contributed by atoms with E-state index in [0.29, 0.717) is 40.0 Å². The Balaban J connectivity index is 0.00000300. The maximum Gasteiger partial charge on any atom is 0.416 e. The topological polar surface area (TPSA) is 65.5 Å². The van der Waals surface area contributed by atoms with Crippen molar-refractivity contribution in [2.45, 2.75) is 13.1 Å². The molecule has 29 heavy (non-hydrogen) atoms. The molecule has 0 radical (unpaired) electrons. The molecule has 1 aromatic heterocycles. The van der Waals surface area contributed by atoms with Crippen LogP contribution in [-0.4, -0.2) is 31.3 Å². The molecule has 0 bridgehead atoms. The minimum absolute atomic E-state index is 0. The molecule has 0 unspecified atom stereocenters. The van der Waals surface area contributed by atoms with E-state index in [2.05, 4.69) is 15.3 Å². The maximum atomic E-state index is 13.0. The number of halogens is 4. The summed E-state index contributed by atoms with van der Waals surface area (Å²) in [4.78, 5) is 8.65. The SMILES string of the molecule is COc1cc(Nc2nc3cc(C(F)(F)F)ccc3nc2C)cc(OC)c1OC.Cl. The van der Waals surface area contributed by atoms with Crippen LogP contribution in [-0.2, 0) is 6.18 Å². The van der Waals surface area contributed by atoms with Crippen LogP contribution in [0.5, 0.6) is 17.2 Å². The normalized spacial score (nSPS) is 11.0. The minimum Gasteiger partial charge on any atom is -0.493 e. The van der Waals surface area contributed by atoms with Gasteiger partial charge in [0, 0.05) is 17.8 Å². The molecule has 0 fully saturated rings. The Kier molecular flexibility index (Phi) is 6.63. The summed E-state index contributed by atoms with van der Waals surface area (Å²) < 4.78 is 54.8. The van der Waals surface area contributed by atoms with Gasteiger partial charge in [-0.2, -0.15) is 13.2 Å². The number of hydrogen-bond acceptors (Lipinski definition) is 6. The van der Waals surface area contributed by atoms with Gasteiger partial charge in [0.05, 0.1) is 43.6 Å². The van der Waals surface area contributed by atoms with Crippen LogP contribution in [0.4, 0.5) is 24.7 Å². The number of nitrogens with one attached hydrogen (secondary N) is 1. The van der Waals surface area contributed by atoms with Crippen molar-refractivity contribution in [1.82, 2.24) is 9.97 Å². The lowest BCUT2D eigenvalue weighted by molar-refractivity contribution is -0.137. The molecule has 0 saturated carbocycles. The van der Waals surface area contributed by atoms with Gasteiger partial charge in [-0.05, 0) is 25.1 Å². The minimum atomic E-state index is -4.45.